The van der Waals surface area contributed by atoms with Crippen molar-refractivity contribution in [3.05, 3.63) is 29.8 Å². The molecule has 0 unspecified atom stereocenters. The van der Waals surface area contributed by atoms with E-state index in [0.717, 1.165) is 24.3 Å². The summed E-state index contributed by atoms with van der Waals surface area (Å²) in [6.07, 6.45) is 5.72. The van der Waals surface area contributed by atoms with E-state index in [1.54, 1.807) is 12.1 Å². The molecule has 2 N–H and O–H groups in total. The lowest BCUT2D eigenvalue weighted by molar-refractivity contribution is -0.126. The van der Waals surface area contributed by atoms with Crippen LogP contribution in [-0.4, -0.2) is 17.6 Å². The molecule has 3 atom stereocenters. The minimum absolute atomic E-state index is 0.243. The fraction of sp³-hybridized carbons (Fsp3) is 0.562. The van der Waals surface area contributed by atoms with Crippen LogP contribution in [-0.2, 0) is 11.2 Å². The van der Waals surface area contributed by atoms with Crippen LogP contribution in [0.4, 0.5) is 0 Å². The highest BCUT2D eigenvalue weighted by Gasteiger charge is 2.42. The summed E-state index contributed by atoms with van der Waals surface area (Å²) < 4.78 is 0. The average molecular weight is 259 g/mol. The minimum atomic E-state index is 0.243. The first-order chi connectivity index (χ1) is 9.22. The zero-order chi connectivity index (χ0) is 13.2. The molecule has 3 heteroatoms. The first kappa shape index (κ1) is 12.5. The number of phenols is 1. The molecule has 2 aliphatic rings. The van der Waals surface area contributed by atoms with E-state index in [0.29, 0.717) is 12.5 Å². The lowest BCUT2D eigenvalue weighted by Gasteiger charge is -2.20. The molecule has 0 radical (unpaired) electrons. The fourth-order valence-electron chi connectivity index (χ4n) is 3.74. The van der Waals surface area contributed by atoms with Crippen molar-refractivity contribution in [3.63, 3.8) is 0 Å². The third kappa shape index (κ3) is 2.75. The zero-order valence-electron chi connectivity index (χ0n) is 11.1. The van der Waals surface area contributed by atoms with Crippen molar-refractivity contribution in [2.24, 2.45) is 17.8 Å². The maximum absolute atomic E-state index is 12.1. The number of aromatic hydroxyl groups is 1. The van der Waals surface area contributed by atoms with Crippen LogP contribution in [0.3, 0.4) is 0 Å². The van der Waals surface area contributed by atoms with Gasteiger partial charge < -0.3 is 10.4 Å². The molecule has 1 amide bonds. The van der Waals surface area contributed by atoms with Gasteiger partial charge in [0.2, 0.25) is 5.91 Å². The second kappa shape index (κ2) is 5.24. The van der Waals surface area contributed by atoms with Crippen LogP contribution in [0.15, 0.2) is 24.3 Å². The van der Waals surface area contributed by atoms with Gasteiger partial charge in [-0.25, -0.2) is 0 Å². The molecule has 1 aromatic rings. The topological polar surface area (TPSA) is 49.3 Å². The number of phenolic OH excluding ortho intramolecular Hbond substituents is 1. The second-order valence-electron chi connectivity index (χ2n) is 5.99. The highest BCUT2D eigenvalue weighted by Crippen LogP contribution is 2.48. The van der Waals surface area contributed by atoms with Crippen LogP contribution in [0.5, 0.6) is 5.75 Å². The quantitative estimate of drug-likeness (QED) is 0.872. The smallest absolute Gasteiger partial charge is 0.223 e. The van der Waals surface area contributed by atoms with Gasteiger partial charge in [0.15, 0.2) is 0 Å². The molecular weight excluding hydrogens is 238 g/mol. The molecule has 2 saturated carbocycles. The van der Waals surface area contributed by atoms with E-state index >= 15 is 0 Å². The van der Waals surface area contributed by atoms with Crippen LogP contribution in [0.2, 0.25) is 0 Å². The predicted molar refractivity (Wildman–Crippen MR) is 73.8 cm³/mol. The third-order valence-corrected chi connectivity index (χ3v) is 4.70. The molecular formula is C16H21NO2. The van der Waals surface area contributed by atoms with Crippen molar-refractivity contribution in [3.8, 4) is 5.75 Å². The van der Waals surface area contributed by atoms with E-state index in [4.69, 9.17) is 0 Å². The number of carbonyl (C=O) groups excluding carboxylic acids is 1. The molecule has 2 bridgehead atoms. The fourth-order valence-corrected chi connectivity index (χ4v) is 3.74. The Morgan fingerprint density at radius 3 is 2.89 bits per heavy atom. The Hall–Kier alpha value is -1.51. The van der Waals surface area contributed by atoms with Gasteiger partial charge in [-0.2, -0.15) is 0 Å². The zero-order valence-corrected chi connectivity index (χ0v) is 11.1. The Morgan fingerprint density at radius 2 is 2.21 bits per heavy atom. The Bertz CT molecular complexity index is 472. The summed E-state index contributed by atoms with van der Waals surface area (Å²) in [7, 11) is 0. The number of rotatable bonds is 4. The van der Waals surface area contributed by atoms with Gasteiger partial charge in [-0.1, -0.05) is 18.6 Å². The van der Waals surface area contributed by atoms with Crippen molar-refractivity contribution in [2.45, 2.75) is 32.1 Å². The largest absolute Gasteiger partial charge is 0.508 e. The Labute approximate surface area is 114 Å². The number of fused-ring (bicyclic) bond motifs is 2. The molecule has 0 saturated heterocycles. The standard InChI is InChI=1S/C16H21NO2/c18-14-3-1-2-11(9-14)6-7-17-16(19)15-10-12-4-5-13(15)8-12/h1-3,9,12-13,15,18H,4-8,10H2,(H,17,19)/t12-,13-,15-/m0/s1. The Kier molecular flexibility index (Phi) is 3.45. The van der Waals surface area contributed by atoms with E-state index in [1.165, 1.54) is 19.3 Å². The van der Waals surface area contributed by atoms with Gasteiger partial charge in [-0.3, -0.25) is 4.79 Å². The summed E-state index contributed by atoms with van der Waals surface area (Å²) in [6, 6.07) is 7.23. The molecule has 102 valence electrons. The molecule has 0 spiro atoms. The summed E-state index contributed by atoms with van der Waals surface area (Å²) in [4.78, 5) is 12.1. The molecule has 3 nitrogen and oxygen atoms in total. The summed E-state index contributed by atoms with van der Waals surface area (Å²) in [5.41, 5.74) is 1.06. The average Bonchev–Trinajstić information content (AvgIpc) is 3.01. The van der Waals surface area contributed by atoms with E-state index in [1.807, 2.05) is 12.1 Å². The molecule has 0 aliphatic heterocycles. The van der Waals surface area contributed by atoms with Crippen LogP contribution < -0.4 is 5.32 Å². The third-order valence-electron chi connectivity index (χ3n) is 4.70. The highest BCUT2D eigenvalue weighted by atomic mass is 16.3. The van der Waals surface area contributed by atoms with Gasteiger partial charge >= 0.3 is 0 Å². The molecule has 2 fully saturated rings. The van der Waals surface area contributed by atoms with Crippen LogP contribution in [0, 0.1) is 17.8 Å². The predicted octanol–water partition coefficient (Wildman–Crippen LogP) is 2.49. The molecule has 0 aromatic heterocycles. The van der Waals surface area contributed by atoms with E-state index in [2.05, 4.69) is 5.32 Å². The number of nitrogens with one attached hydrogen (secondary N) is 1. The lowest BCUT2D eigenvalue weighted by atomic mass is 9.88. The van der Waals surface area contributed by atoms with Crippen LogP contribution in [0.1, 0.15) is 31.2 Å². The summed E-state index contributed by atoms with van der Waals surface area (Å²) in [5, 5.41) is 12.4. The summed E-state index contributed by atoms with van der Waals surface area (Å²) in [6.45, 7) is 0.663. The number of benzene rings is 1. The minimum Gasteiger partial charge on any atom is -0.508 e. The number of carbonyl (C=O) groups is 1. The number of hydrogen-bond donors (Lipinski definition) is 2. The summed E-state index contributed by atoms with van der Waals surface area (Å²) in [5.74, 6) is 2.25. The molecule has 1 aromatic carbocycles. The van der Waals surface area contributed by atoms with Gasteiger partial charge in [0, 0.05) is 12.5 Å². The van der Waals surface area contributed by atoms with Gasteiger partial charge in [0.05, 0.1) is 0 Å². The van der Waals surface area contributed by atoms with Gasteiger partial charge in [-0.05, 0) is 55.2 Å². The van der Waals surface area contributed by atoms with Crippen LogP contribution in [0.25, 0.3) is 0 Å². The molecule has 19 heavy (non-hydrogen) atoms. The van der Waals surface area contributed by atoms with Crippen molar-refractivity contribution < 1.29 is 9.90 Å². The Balaban J connectivity index is 1.46. The van der Waals surface area contributed by atoms with Crippen molar-refractivity contribution in [1.29, 1.82) is 0 Å². The first-order valence-corrected chi connectivity index (χ1v) is 7.28. The SMILES string of the molecule is O=C(NCCc1cccc(O)c1)[C@H]1C[C@H]2CC[C@H]1C2. The summed E-state index contributed by atoms with van der Waals surface area (Å²) >= 11 is 0. The molecule has 0 heterocycles. The second-order valence-corrected chi connectivity index (χ2v) is 5.99. The first-order valence-electron chi connectivity index (χ1n) is 7.28. The van der Waals surface area contributed by atoms with Crippen molar-refractivity contribution in [2.75, 3.05) is 6.54 Å². The lowest BCUT2D eigenvalue weighted by Crippen LogP contribution is -2.34. The maximum Gasteiger partial charge on any atom is 0.223 e. The highest BCUT2D eigenvalue weighted by molar-refractivity contribution is 5.79. The van der Waals surface area contributed by atoms with Gasteiger partial charge in [0.25, 0.3) is 0 Å². The number of hydrogen-bond acceptors (Lipinski definition) is 2. The monoisotopic (exact) mass is 259 g/mol. The van der Waals surface area contributed by atoms with Gasteiger partial charge in [0.1, 0.15) is 5.75 Å². The molecule has 2 aliphatic carbocycles. The van der Waals surface area contributed by atoms with E-state index < -0.39 is 0 Å². The van der Waals surface area contributed by atoms with Gasteiger partial charge in [-0.15, -0.1) is 0 Å². The van der Waals surface area contributed by atoms with Crippen molar-refractivity contribution >= 4 is 5.91 Å². The normalized spacial score (nSPS) is 28.5. The van der Waals surface area contributed by atoms with Crippen LogP contribution >= 0.6 is 0 Å². The maximum atomic E-state index is 12.1. The van der Waals surface area contributed by atoms with Crippen molar-refractivity contribution in [1.82, 2.24) is 5.32 Å². The number of amides is 1. The van der Waals surface area contributed by atoms with E-state index in [9.17, 15) is 9.90 Å². The Morgan fingerprint density at radius 1 is 1.32 bits per heavy atom. The molecule has 3 rings (SSSR count). The van der Waals surface area contributed by atoms with E-state index in [-0.39, 0.29) is 17.6 Å².